The fourth-order valence-electron chi connectivity index (χ4n) is 1.33. The number of carbonyl (C=O) groups excluding carboxylic acids is 1. The van der Waals surface area contributed by atoms with Crippen molar-refractivity contribution in [2.45, 2.75) is 6.92 Å². The molecule has 76 valence electrons. The van der Waals surface area contributed by atoms with Gasteiger partial charge >= 0.3 is 0 Å². The number of thiophene rings is 1. The van der Waals surface area contributed by atoms with Gasteiger partial charge in [0.15, 0.2) is 5.78 Å². The molecule has 2 rings (SSSR count). The molecule has 1 nitrogen and oxygen atoms in total. The molecule has 0 aliphatic carbocycles. The van der Waals surface area contributed by atoms with Gasteiger partial charge in [0.25, 0.3) is 0 Å². The molecular formula is C12H9IOS. The molecule has 0 aliphatic rings. The zero-order chi connectivity index (χ0) is 10.8. The third-order valence-electron chi connectivity index (χ3n) is 2.10. The van der Waals surface area contributed by atoms with Gasteiger partial charge in [-0.3, -0.25) is 4.79 Å². The summed E-state index contributed by atoms with van der Waals surface area (Å²) in [5.74, 6) is 0.107. The van der Waals surface area contributed by atoms with E-state index in [4.69, 9.17) is 0 Å². The van der Waals surface area contributed by atoms with Crippen LogP contribution in [0, 0.1) is 10.5 Å². The van der Waals surface area contributed by atoms with Gasteiger partial charge in [0.1, 0.15) is 0 Å². The van der Waals surface area contributed by atoms with Crippen molar-refractivity contribution in [3.05, 3.63) is 55.3 Å². The Balaban J connectivity index is 2.32. The van der Waals surface area contributed by atoms with Crippen LogP contribution in [0.5, 0.6) is 0 Å². The minimum Gasteiger partial charge on any atom is -0.289 e. The zero-order valence-electron chi connectivity index (χ0n) is 8.16. The van der Waals surface area contributed by atoms with E-state index in [-0.39, 0.29) is 5.78 Å². The van der Waals surface area contributed by atoms with E-state index in [2.05, 4.69) is 22.6 Å². The molecule has 1 aromatic carbocycles. The molecule has 0 atom stereocenters. The van der Waals surface area contributed by atoms with Gasteiger partial charge in [0.05, 0.1) is 0 Å². The summed E-state index contributed by atoms with van der Waals surface area (Å²) >= 11 is 3.84. The highest BCUT2D eigenvalue weighted by molar-refractivity contribution is 14.1. The molecule has 1 heterocycles. The normalized spacial score (nSPS) is 10.3. The monoisotopic (exact) mass is 328 g/mol. The van der Waals surface area contributed by atoms with Gasteiger partial charge in [-0.1, -0.05) is 0 Å². The van der Waals surface area contributed by atoms with Crippen molar-refractivity contribution >= 4 is 39.7 Å². The van der Waals surface area contributed by atoms with Gasteiger partial charge in [-0.2, -0.15) is 0 Å². The summed E-state index contributed by atoms with van der Waals surface area (Å²) in [6, 6.07) is 9.58. The predicted molar refractivity (Wildman–Crippen MR) is 71.6 cm³/mol. The van der Waals surface area contributed by atoms with Crippen LogP contribution in [0.2, 0.25) is 0 Å². The lowest BCUT2D eigenvalue weighted by Crippen LogP contribution is -1.98. The third kappa shape index (κ3) is 2.46. The number of rotatable bonds is 2. The van der Waals surface area contributed by atoms with Crippen molar-refractivity contribution in [2.75, 3.05) is 0 Å². The van der Waals surface area contributed by atoms with Gasteiger partial charge in [-0.15, -0.1) is 11.3 Å². The minimum absolute atomic E-state index is 0.107. The zero-order valence-corrected chi connectivity index (χ0v) is 11.1. The second-order valence-electron chi connectivity index (χ2n) is 3.28. The summed E-state index contributed by atoms with van der Waals surface area (Å²) in [5, 5.41) is 1.91. The molecule has 0 aliphatic heterocycles. The third-order valence-corrected chi connectivity index (χ3v) is 3.68. The Morgan fingerprint density at radius 3 is 2.40 bits per heavy atom. The number of carbonyl (C=O) groups is 1. The number of ketones is 1. The topological polar surface area (TPSA) is 17.1 Å². The van der Waals surface area contributed by atoms with Crippen LogP contribution in [0.1, 0.15) is 20.8 Å². The first-order valence-electron chi connectivity index (χ1n) is 4.52. The highest BCUT2D eigenvalue weighted by atomic mass is 127. The van der Waals surface area contributed by atoms with Crippen LogP contribution in [0.4, 0.5) is 0 Å². The lowest BCUT2D eigenvalue weighted by Gasteiger charge is -1.97. The standard InChI is InChI=1S/C12H9IOS/c1-8-6-10(7-15-8)12(14)9-2-4-11(13)5-3-9/h2-7H,1H3. The molecule has 0 bridgehead atoms. The van der Waals surface area contributed by atoms with Crippen molar-refractivity contribution in [3.63, 3.8) is 0 Å². The van der Waals surface area contributed by atoms with Crippen LogP contribution in [0.15, 0.2) is 35.7 Å². The van der Waals surface area contributed by atoms with Gasteiger partial charge in [-0.25, -0.2) is 0 Å². The maximum Gasteiger partial charge on any atom is 0.193 e. The van der Waals surface area contributed by atoms with E-state index in [1.807, 2.05) is 42.6 Å². The summed E-state index contributed by atoms with van der Waals surface area (Å²) in [4.78, 5) is 13.1. The maximum atomic E-state index is 12.0. The Bertz CT molecular complexity index is 485. The summed E-state index contributed by atoms with van der Waals surface area (Å²) in [6.45, 7) is 2.01. The first kappa shape index (κ1) is 10.8. The van der Waals surface area contributed by atoms with Crippen molar-refractivity contribution < 1.29 is 4.79 Å². The van der Waals surface area contributed by atoms with E-state index in [9.17, 15) is 4.79 Å². The van der Waals surface area contributed by atoms with Crippen molar-refractivity contribution in [2.24, 2.45) is 0 Å². The average Bonchev–Trinajstić information content (AvgIpc) is 2.65. The molecule has 0 saturated heterocycles. The van der Waals surface area contributed by atoms with E-state index >= 15 is 0 Å². The van der Waals surface area contributed by atoms with Crippen LogP contribution in [-0.4, -0.2) is 5.78 Å². The number of hydrogen-bond acceptors (Lipinski definition) is 2. The number of benzene rings is 1. The van der Waals surface area contributed by atoms with E-state index in [1.165, 1.54) is 4.88 Å². The van der Waals surface area contributed by atoms with Gasteiger partial charge < -0.3 is 0 Å². The molecule has 0 amide bonds. The summed E-state index contributed by atoms with van der Waals surface area (Å²) in [7, 11) is 0. The van der Waals surface area contributed by atoms with Crippen LogP contribution in [0.25, 0.3) is 0 Å². The van der Waals surface area contributed by atoms with E-state index in [0.29, 0.717) is 0 Å². The highest BCUT2D eigenvalue weighted by Crippen LogP contribution is 2.17. The van der Waals surface area contributed by atoms with E-state index < -0.39 is 0 Å². The first-order valence-corrected chi connectivity index (χ1v) is 6.48. The molecular weight excluding hydrogens is 319 g/mol. The van der Waals surface area contributed by atoms with Crippen molar-refractivity contribution in [1.82, 2.24) is 0 Å². The molecule has 0 fully saturated rings. The van der Waals surface area contributed by atoms with Crippen LogP contribution >= 0.6 is 33.9 Å². The van der Waals surface area contributed by atoms with E-state index in [1.54, 1.807) is 11.3 Å². The molecule has 0 unspecified atom stereocenters. The number of hydrogen-bond donors (Lipinski definition) is 0. The Hall–Kier alpha value is -0.680. The molecule has 0 spiro atoms. The second-order valence-corrected chi connectivity index (χ2v) is 5.64. The lowest BCUT2D eigenvalue weighted by atomic mass is 10.1. The number of halogens is 1. The highest BCUT2D eigenvalue weighted by Gasteiger charge is 2.09. The lowest BCUT2D eigenvalue weighted by molar-refractivity contribution is 0.103. The van der Waals surface area contributed by atoms with Crippen molar-refractivity contribution in [1.29, 1.82) is 0 Å². The molecule has 15 heavy (non-hydrogen) atoms. The second kappa shape index (κ2) is 4.45. The minimum atomic E-state index is 0.107. The molecule has 1 aromatic heterocycles. The Labute approximate surface area is 106 Å². The summed E-state index contributed by atoms with van der Waals surface area (Å²) in [6.07, 6.45) is 0. The molecule has 0 saturated carbocycles. The molecule has 2 aromatic rings. The quantitative estimate of drug-likeness (QED) is 0.604. The maximum absolute atomic E-state index is 12.0. The molecule has 3 heteroatoms. The molecule has 0 N–H and O–H groups in total. The summed E-state index contributed by atoms with van der Waals surface area (Å²) < 4.78 is 1.14. The fraction of sp³-hybridized carbons (Fsp3) is 0.0833. The van der Waals surface area contributed by atoms with Crippen LogP contribution < -0.4 is 0 Å². The van der Waals surface area contributed by atoms with Crippen molar-refractivity contribution in [3.8, 4) is 0 Å². The first-order chi connectivity index (χ1) is 7.16. The average molecular weight is 328 g/mol. The Morgan fingerprint density at radius 1 is 1.20 bits per heavy atom. The Morgan fingerprint density at radius 2 is 1.87 bits per heavy atom. The largest absolute Gasteiger partial charge is 0.289 e. The SMILES string of the molecule is Cc1cc(C(=O)c2ccc(I)cc2)cs1. The smallest absolute Gasteiger partial charge is 0.193 e. The molecule has 0 radical (unpaired) electrons. The van der Waals surface area contributed by atoms with Gasteiger partial charge in [0, 0.05) is 25.0 Å². The number of aryl methyl sites for hydroxylation is 1. The summed E-state index contributed by atoms with van der Waals surface area (Å²) in [5.41, 5.74) is 1.55. The predicted octanol–water partition coefficient (Wildman–Crippen LogP) is 3.89. The van der Waals surface area contributed by atoms with E-state index in [0.717, 1.165) is 14.7 Å². The van der Waals surface area contributed by atoms with Gasteiger partial charge in [-0.05, 0) is 59.8 Å². The van der Waals surface area contributed by atoms with Crippen LogP contribution in [0.3, 0.4) is 0 Å². The Kier molecular flexibility index (Phi) is 3.21. The van der Waals surface area contributed by atoms with Crippen LogP contribution in [-0.2, 0) is 0 Å². The fourth-order valence-corrected chi connectivity index (χ4v) is 2.37. The van der Waals surface area contributed by atoms with Gasteiger partial charge in [0.2, 0.25) is 0 Å².